The molecule has 0 radical (unpaired) electrons. The fraction of sp³-hybridized carbons (Fsp3) is 0.222. The first-order valence-electron chi connectivity index (χ1n) is 4.13. The molecule has 0 saturated carbocycles. The molecule has 1 amide bonds. The van der Waals surface area contributed by atoms with Gasteiger partial charge < -0.3 is 10.6 Å². The van der Waals surface area contributed by atoms with Crippen LogP contribution in [0.3, 0.4) is 0 Å². The average Bonchev–Trinajstić information content (AvgIpc) is 2.21. The molecule has 3 nitrogen and oxygen atoms in total. The Kier molecular flexibility index (Phi) is 4.02. The highest BCUT2D eigenvalue weighted by molar-refractivity contribution is 9.10. The summed E-state index contributed by atoms with van der Waals surface area (Å²) < 4.78 is 26.3. The summed E-state index contributed by atoms with van der Waals surface area (Å²) in [5.74, 6) is -1.51. The van der Waals surface area contributed by atoms with Crippen molar-refractivity contribution in [2.75, 3.05) is 18.9 Å². The third-order valence-corrected chi connectivity index (χ3v) is 2.34. The SMILES string of the molecule is CNC(=O)CNc1cc(F)c(Br)cc1F. The number of amides is 1. The maximum Gasteiger partial charge on any atom is 0.239 e. The van der Waals surface area contributed by atoms with Crippen LogP contribution < -0.4 is 10.6 Å². The van der Waals surface area contributed by atoms with E-state index in [1.54, 1.807) is 0 Å². The van der Waals surface area contributed by atoms with Crippen LogP contribution >= 0.6 is 15.9 Å². The summed E-state index contributed by atoms with van der Waals surface area (Å²) in [6.07, 6.45) is 0. The maximum absolute atomic E-state index is 13.2. The van der Waals surface area contributed by atoms with Crippen LogP contribution in [-0.4, -0.2) is 19.5 Å². The van der Waals surface area contributed by atoms with E-state index in [-0.39, 0.29) is 22.6 Å². The number of halogens is 3. The molecule has 0 atom stereocenters. The molecule has 0 aliphatic heterocycles. The van der Waals surface area contributed by atoms with Gasteiger partial charge in [0.2, 0.25) is 5.91 Å². The fourth-order valence-corrected chi connectivity index (χ4v) is 1.24. The summed E-state index contributed by atoms with van der Waals surface area (Å²) in [5, 5.41) is 4.84. The minimum Gasteiger partial charge on any atom is -0.374 e. The Morgan fingerprint density at radius 3 is 2.67 bits per heavy atom. The second kappa shape index (κ2) is 5.06. The molecule has 2 N–H and O–H groups in total. The standard InChI is InChI=1S/C9H9BrF2N2O/c1-13-9(15)4-14-8-3-6(11)5(10)2-7(8)12/h2-3,14H,4H2,1H3,(H,13,15). The van der Waals surface area contributed by atoms with Crippen molar-refractivity contribution in [1.29, 1.82) is 0 Å². The molecule has 1 aromatic rings. The van der Waals surface area contributed by atoms with Crippen molar-refractivity contribution in [2.45, 2.75) is 0 Å². The van der Waals surface area contributed by atoms with Gasteiger partial charge in [0.25, 0.3) is 0 Å². The Morgan fingerprint density at radius 1 is 1.40 bits per heavy atom. The van der Waals surface area contributed by atoms with Gasteiger partial charge in [0.05, 0.1) is 16.7 Å². The third-order valence-electron chi connectivity index (χ3n) is 1.73. The zero-order valence-electron chi connectivity index (χ0n) is 7.90. The normalized spacial score (nSPS) is 9.87. The van der Waals surface area contributed by atoms with E-state index in [0.717, 1.165) is 12.1 Å². The molecule has 0 unspecified atom stereocenters. The monoisotopic (exact) mass is 278 g/mol. The molecular weight excluding hydrogens is 270 g/mol. The van der Waals surface area contributed by atoms with Crippen LogP contribution in [0.15, 0.2) is 16.6 Å². The van der Waals surface area contributed by atoms with E-state index in [2.05, 4.69) is 26.6 Å². The van der Waals surface area contributed by atoms with Gasteiger partial charge in [-0.25, -0.2) is 8.78 Å². The van der Waals surface area contributed by atoms with E-state index in [0.29, 0.717) is 0 Å². The lowest BCUT2D eigenvalue weighted by molar-refractivity contribution is -0.118. The van der Waals surface area contributed by atoms with Crippen LogP contribution in [0, 0.1) is 11.6 Å². The zero-order chi connectivity index (χ0) is 11.4. The van der Waals surface area contributed by atoms with Gasteiger partial charge in [-0.05, 0) is 22.0 Å². The number of hydrogen-bond acceptors (Lipinski definition) is 2. The first-order chi connectivity index (χ1) is 7.04. The van der Waals surface area contributed by atoms with Crippen molar-refractivity contribution in [2.24, 2.45) is 0 Å². The van der Waals surface area contributed by atoms with Gasteiger partial charge in [0, 0.05) is 13.1 Å². The topological polar surface area (TPSA) is 41.1 Å². The van der Waals surface area contributed by atoms with Crippen LogP contribution in [0.1, 0.15) is 0 Å². The van der Waals surface area contributed by atoms with Crippen molar-refractivity contribution in [3.05, 3.63) is 28.2 Å². The lowest BCUT2D eigenvalue weighted by Gasteiger charge is -2.07. The van der Waals surface area contributed by atoms with E-state index in [1.807, 2.05) is 0 Å². The van der Waals surface area contributed by atoms with Gasteiger partial charge in [-0.2, -0.15) is 0 Å². The summed E-state index contributed by atoms with van der Waals surface area (Å²) in [6.45, 7) is -0.103. The first kappa shape index (κ1) is 11.9. The van der Waals surface area contributed by atoms with E-state index in [9.17, 15) is 13.6 Å². The molecule has 6 heteroatoms. The minimum absolute atomic E-state index is 0.0423. The molecule has 82 valence electrons. The molecule has 0 bridgehead atoms. The molecule has 0 saturated heterocycles. The number of hydrogen-bond donors (Lipinski definition) is 2. The molecular formula is C9H9BrF2N2O. The Balaban J connectivity index is 2.77. The highest BCUT2D eigenvalue weighted by atomic mass is 79.9. The Morgan fingerprint density at radius 2 is 2.07 bits per heavy atom. The summed E-state index contributed by atoms with van der Waals surface area (Å²) in [6, 6.07) is 1.99. The van der Waals surface area contributed by atoms with Crippen molar-refractivity contribution < 1.29 is 13.6 Å². The predicted octanol–water partition coefficient (Wildman–Crippen LogP) is 1.89. The van der Waals surface area contributed by atoms with E-state index < -0.39 is 11.6 Å². The van der Waals surface area contributed by atoms with Crippen LogP contribution in [0.25, 0.3) is 0 Å². The molecule has 0 fully saturated rings. The molecule has 0 aliphatic rings. The van der Waals surface area contributed by atoms with Gasteiger partial charge in [-0.3, -0.25) is 4.79 Å². The van der Waals surface area contributed by atoms with Crippen LogP contribution in [0.4, 0.5) is 14.5 Å². The minimum atomic E-state index is -0.618. The Bertz CT molecular complexity index is 385. The summed E-state index contributed by atoms with van der Waals surface area (Å²) in [5.41, 5.74) is -0.0423. The highest BCUT2D eigenvalue weighted by Gasteiger charge is 2.08. The predicted molar refractivity (Wildman–Crippen MR) is 56.6 cm³/mol. The molecule has 0 heterocycles. The summed E-state index contributed by atoms with van der Waals surface area (Å²) >= 11 is 2.85. The van der Waals surface area contributed by atoms with Gasteiger partial charge in [-0.1, -0.05) is 0 Å². The number of carbonyl (C=O) groups is 1. The van der Waals surface area contributed by atoms with Crippen LogP contribution in [0.5, 0.6) is 0 Å². The van der Waals surface area contributed by atoms with Crippen molar-refractivity contribution in [3.8, 4) is 0 Å². The van der Waals surface area contributed by atoms with Crippen molar-refractivity contribution in [1.82, 2.24) is 5.32 Å². The summed E-state index contributed by atoms with van der Waals surface area (Å²) in [7, 11) is 1.46. The highest BCUT2D eigenvalue weighted by Crippen LogP contribution is 2.22. The van der Waals surface area contributed by atoms with Gasteiger partial charge in [-0.15, -0.1) is 0 Å². The maximum atomic E-state index is 13.2. The quantitative estimate of drug-likeness (QED) is 0.829. The first-order valence-corrected chi connectivity index (χ1v) is 4.93. The average molecular weight is 279 g/mol. The van der Waals surface area contributed by atoms with Crippen LogP contribution in [0.2, 0.25) is 0 Å². The van der Waals surface area contributed by atoms with E-state index >= 15 is 0 Å². The molecule has 1 aromatic carbocycles. The number of carbonyl (C=O) groups excluding carboxylic acids is 1. The second-order valence-electron chi connectivity index (χ2n) is 2.77. The second-order valence-corrected chi connectivity index (χ2v) is 3.63. The number of nitrogens with one attached hydrogen (secondary N) is 2. The van der Waals surface area contributed by atoms with Crippen molar-refractivity contribution >= 4 is 27.5 Å². The van der Waals surface area contributed by atoms with Gasteiger partial charge in [0.15, 0.2) is 0 Å². The lowest BCUT2D eigenvalue weighted by atomic mass is 10.3. The largest absolute Gasteiger partial charge is 0.374 e. The fourth-order valence-electron chi connectivity index (χ4n) is 0.922. The van der Waals surface area contributed by atoms with Crippen LogP contribution in [-0.2, 0) is 4.79 Å². The molecule has 0 spiro atoms. The lowest BCUT2D eigenvalue weighted by Crippen LogP contribution is -2.26. The Labute approximate surface area is 94.0 Å². The summed E-state index contributed by atoms with van der Waals surface area (Å²) in [4.78, 5) is 10.8. The van der Waals surface area contributed by atoms with Gasteiger partial charge in [0.1, 0.15) is 11.6 Å². The van der Waals surface area contributed by atoms with E-state index in [4.69, 9.17) is 0 Å². The number of benzene rings is 1. The zero-order valence-corrected chi connectivity index (χ0v) is 9.49. The number of rotatable bonds is 3. The number of likely N-dealkylation sites (N-methyl/N-ethyl adjacent to an activating group) is 1. The van der Waals surface area contributed by atoms with Gasteiger partial charge >= 0.3 is 0 Å². The molecule has 1 rings (SSSR count). The number of anilines is 1. The molecule has 15 heavy (non-hydrogen) atoms. The molecule has 0 aliphatic carbocycles. The third kappa shape index (κ3) is 3.16. The smallest absolute Gasteiger partial charge is 0.239 e. The van der Waals surface area contributed by atoms with E-state index in [1.165, 1.54) is 7.05 Å². The molecule has 0 aromatic heterocycles. The Hall–Kier alpha value is -1.17. The van der Waals surface area contributed by atoms with Crippen molar-refractivity contribution in [3.63, 3.8) is 0 Å².